The molecule has 3 heteroatoms. The highest BCUT2D eigenvalue weighted by atomic mass is 16.3. The molecule has 0 aliphatic heterocycles. The average Bonchev–Trinajstić information content (AvgIpc) is 2.41. The molecule has 2 aliphatic carbocycles. The minimum absolute atomic E-state index is 0.135. The van der Waals surface area contributed by atoms with Gasteiger partial charge in [0.15, 0.2) is 0 Å². The van der Waals surface area contributed by atoms with Crippen LogP contribution in [0.25, 0.3) is 0 Å². The van der Waals surface area contributed by atoms with E-state index in [1.807, 2.05) is 6.92 Å². The number of hydrogen-bond donors (Lipinski definition) is 1. The molecule has 2 fully saturated rings. The van der Waals surface area contributed by atoms with Crippen LogP contribution < -0.4 is 0 Å². The normalized spacial score (nSPS) is 47.6. The molecule has 2 aliphatic rings. The van der Waals surface area contributed by atoms with E-state index in [0.29, 0.717) is 25.7 Å². The van der Waals surface area contributed by atoms with Gasteiger partial charge in [-0.25, -0.2) is 0 Å². The highest BCUT2D eigenvalue weighted by Gasteiger charge is 2.61. The minimum atomic E-state index is -1.05. The lowest BCUT2D eigenvalue weighted by molar-refractivity contribution is -0.156. The summed E-state index contributed by atoms with van der Waals surface area (Å²) in [5.41, 5.74) is -1.71. The zero-order chi connectivity index (χ0) is 10.4. The first-order valence-electron chi connectivity index (χ1n) is 5.25. The van der Waals surface area contributed by atoms with E-state index in [9.17, 15) is 14.7 Å². The fourth-order valence-electron chi connectivity index (χ4n) is 3.13. The Kier molecular flexibility index (Phi) is 2.03. The third-order valence-electron chi connectivity index (χ3n) is 4.27. The Morgan fingerprint density at radius 3 is 2.86 bits per heavy atom. The Morgan fingerprint density at radius 1 is 1.50 bits per heavy atom. The maximum atomic E-state index is 11.8. The molecule has 0 heterocycles. The standard InChI is InChI=1S/C11H16O3/c1-10-6-4-8(7-12)11(10,14)5-2-3-9(10)13/h7-8,14H,2-6H2,1H3/t8-,10-,11+/m1/s1. The zero-order valence-electron chi connectivity index (χ0n) is 8.45. The minimum Gasteiger partial charge on any atom is -0.388 e. The van der Waals surface area contributed by atoms with Crippen molar-refractivity contribution in [3.63, 3.8) is 0 Å². The molecule has 0 saturated heterocycles. The second-order valence-electron chi connectivity index (χ2n) is 4.81. The number of fused-ring (bicyclic) bond motifs is 1. The second kappa shape index (κ2) is 2.89. The molecule has 2 saturated carbocycles. The molecule has 14 heavy (non-hydrogen) atoms. The van der Waals surface area contributed by atoms with E-state index in [4.69, 9.17) is 0 Å². The van der Waals surface area contributed by atoms with Gasteiger partial charge in [-0.3, -0.25) is 4.79 Å². The summed E-state index contributed by atoms with van der Waals surface area (Å²) in [6.07, 6.45) is 4.01. The molecular formula is C11H16O3. The van der Waals surface area contributed by atoms with E-state index >= 15 is 0 Å². The number of carbonyl (C=O) groups is 2. The number of Topliss-reactive ketones (excluding diaryl/α,β-unsaturated/α-hetero) is 1. The van der Waals surface area contributed by atoms with E-state index < -0.39 is 11.0 Å². The molecule has 2 rings (SSSR count). The maximum absolute atomic E-state index is 11.8. The molecular weight excluding hydrogens is 180 g/mol. The van der Waals surface area contributed by atoms with Crippen molar-refractivity contribution in [3.8, 4) is 0 Å². The molecule has 78 valence electrons. The van der Waals surface area contributed by atoms with Gasteiger partial charge in [0, 0.05) is 12.3 Å². The van der Waals surface area contributed by atoms with Gasteiger partial charge in [-0.15, -0.1) is 0 Å². The number of rotatable bonds is 1. The average molecular weight is 196 g/mol. The summed E-state index contributed by atoms with van der Waals surface area (Å²) in [7, 11) is 0. The van der Waals surface area contributed by atoms with Crippen molar-refractivity contribution in [2.45, 2.75) is 44.6 Å². The van der Waals surface area contributed by atoms with Crippen LogP contribution in [0.5, 0.6) is 0 Å². The summed E-state index contributed by atoms with van der Waals surface area (Å²) in [4.78, 5) is 22.6. The molecule has 0 unspecified atom stereocenters. The molecule has 3 atom stereocenters. The zero-order valence-corrected chi connectivity index (χ0v) is 8.45. The van der Waals surface area contributed by atoms with Crippen molar-refractivity contribution in [1.82, 2.24) is 0 Å². The van der Waals surface area contributed by atoms with Crippen LogP contribution in [0.1, 0.15) is 39.0 Å². The third kappa shape index (κ3) is 0.962. The smallest absolute Gasteiger partial charge is 0.141 e. The predicted molar refractivity (Wildman–Crippen MR) is 50.7 cm³/mol. The fraction of sp³-hybridized carbons (Fsp3) is 0.818. The molecule has 1 N–H and O–H groups in total. The summed E-state index contributed by atoms with van der Waals surface area (Å²) in [5, 5.41) is 10.4. The van der Waals surface area contributed by atoms with Crippen LogP contribution >= 0.6 is 0 Å². The largest absolute Gasteiger partial charge is 0.388 e. The number of carbonyl (C=O) groups excluding carboxylic acids is 2. The lowest BCUT2D eigenvalue weighted by Gasteiger charge is -2.44. The molecule has 0 bridgehead atoms. The number of aldehydes is 1. The van der Waals surface area contributed by atoms with Crippen molar-refractivity contribution < 1.29 is 14.7 Å². The van der Waals surface area contributed by atoms with Crippen LogP contribution in [0.15, 0.2) is 0 Å². The fourth-order valence-corrected chi connectivity index (χ4v) is 3.13. The van der Waals surface area contributed by atoms with Gasteiger partial charge in [-0.1, -0.05) is 0 Å². The van der Waals surface area contributed by atoms with Gasteiger partial charge in [-0.2, -0.15) is 0 Å². The molecule has 0 radical (unpaired) electrons. The van der Waals surface area contributed by atoms with Crippen molar-refractivity contribution in [1.29, 1.82) is 0 Å². The van der Waals surface area contributed by atoms with Crippen molar-refractivity contribution in [2.75, 3.05) is 0 Å². The Hall–Kier alpha value is -0.700. The Bertz CT molecular complexity index is 286. The summed E-state index contributed by atoms with van der Waals surface area (Å²) >= 11 is 0. The van der Waals surface area contributed by atoms with Crippen molar-refractivity contribution in [3.05, 3.63) is 0 Å². The van der Waals surface area contributed by atoms with Crippen LogP contribution in [0.3, 0.4) is 0 Å². The maximum Gasteiger partial charge on any atom is 0.141 e. The van der Waals surface area contributed by atoms with Gasteiger partial charge in [0.2, 0.25) is 0 Å². The van der Waals surface area contributed by atoms with Crippen molar-refractivity contribution >= 4 is 12.1 Å². The van der Waals surface area contributed by atoms with Gasteiger partial charge in [-0.05, 0) is 32.6 Å². The molecule has 0 aromatic rings. The third-order valence-corrected chi connectivity index (χ3v) is 4.27. The Balaban J connectivity index is 2.41. The van der Waals surface area contributed by atoms with E-state index in [1.54, 1.807) is 0 Å². The highest BCUT2D eigenvalue weighted by molar-refractivity contribution is 5.88. The Morgan fingerprint density at radius 2 is 2.21 bits per heavy atom. The van der Waals surface area contributed by atoms with E-state index in [2.05, 4.69) is 0 Å². The van der Waals surface area contributed by atoms with Crippen LogP contribution in [-0.4, -0.2) is 22.8 Å². The molecule has 3 nitrogen and oxygen atoms in total. The lowest BCUT2D eigenvalue weighted by atomic mass is 9.63. The molecule has 0 spiro atoms. The van der Waals surface area contributed by atoms with E-state index in [1.165, 1.54) is 0 Å². The first-order valence-corrected chi connectivity index (χ1v) is 5.25. The molecule has 0 amide bonds. The van der Waals surface area contributed by atoms with Crippen LogP contribution in [0, 0.1) is 11.3 Å². The summed E-state index contributed by atoms with van der Waals surface area (Å²) in [5.74, 6) is -0.202. The second-order valence-corrected chi connectivity index (χ2v) is 4.81. The summed E-state index contributed by atoms with van der Waals surface area (Å²) < 4.78 is 0. The SMILES string of the molecule is C[C@]12CC[C@H](C=O)[C@@]1(O)CCCC2=O. The van der Waals surface area contributed by atoms with Crippen LogP contribution in [0.2, 0.25) is 0 Å². The first-order chi connectivity index (χ1) is 6.54. The quantitative estimate of drug-likeness (QED) is 0.638. The van der Waals surface area contributed by atoms with E-state index in [0.717, 1.165) is 12.7 Å². The lowest BCUT2D eigenvalue weighted by Crippen LogP contribution is -2.53. The summed E-state index contributed by atoms with van der Waals surface area (Å²) in [6.45, 7) is 1.82. The van der Waals surface area contributed by atoms with Crippen LogP contribution in [0.4, 0.5) is 0 Å². The van der Waals surface area contributed by atoms with E-state index in [-0.39, 0.29) is 11.7 Å². The number of ketones is 1. The van der Waals surface area contributed by atoms with Gasteiger partial charge < -0.3 is 9.90 Å². The Labute approximate surface area is 83.5 Å². The van der Waals surface area contributed by atoms with Gasteiger partial charge in [0.05, 0.1) is 11.0 Å². The van der Waals surface area contributed by atoms with Gasteiger partial charge >= 0.3 is 0 Å². The number of aliphatic hydroxyl groups is 1. The summed E-state index contributed by atoms with van der Waals surface area (Å²) in [6, 6.07) is 0. The highest BCUT2D eigenvalue weighted by Crippen LogP contribution is 2.55. The van der Waals surface area contributed by atoms with Gasteiger partial charge in [0.1, 0.15) is 12.1 Å². The predicted octanol–water partition coefficient (Wildman–Crippen LogP) is 1.09. The molecule has 0 aromatic heterocycles. The monoisotopic (exact) mass is 196 g/mol. The van der Waals surface area contributed by atoms with Gasteiger partial charge in [0.25, 0.3) is 0 Å². The molecule has 0 aromatic carbocycles. The first kappa shape index (κ1) is 9.84. The van der Waals surface area contributed by atoms with Crippen molar-refractivity contribution in [2.24, 2.45) is 11.3 Å². The number of hydrogen-bond acceptors (Lipinski definition) is 3. The van der Waals surface area contributed by atoms with Crippen LogP contribution in [-0.2, 0) is 9.59 Å². The topological polar surface area (TPSA) is 54.4 Å².